The Morgan fingerprint density at radius 1 is 1.48 bits per heavy atom. The Morgan fingerprint density at radius 3 is 3.05 bits per heavy atom. The van der Waals surface area contributed by atoms with Crippen molar-refractivity contribution in [2.45, 2.75) is 32.2 Å². The van der Waals surface area contributed by atoms with E-state index in [9.17, 15) is 4.79 Å². The molecule has 1 aromatic heterocycles. The van der Waals surface area contributed by atoms with E-state index in [1.807, 2.05) is 12.3 Å². The molecule has 1 aliphatic heterocycles. The highest BCUT2D eigenvalue weighted by Gasteiger charge is 2.22. The third-order valence-electron chi connectivity index (χ3n) is 3.44. The second-order valence-electron chi connectivity index (χ2n) is 4.90. The van der Waals surface area contributed by atoms with Crippen molar-refractivity contribution >= 4 is 18.4 Å². The lowest BCUT2D eigenvalue weighted by Crippen LogP contribution is -2.33. The van der Waals surface area contributed by atoms with Gasteiger partial charge in [0.2, 0.25) is 0 Å². The summed E-state index contributed by atoms with van der Waals surface area (Å²) in [5.74, 6) is 5.69. The fourth-order valence-electron chi connectivity index (χ4n) is 2.48. The van der Waals surface area contributed by atoms with Crippen LogP contribution >= 0.6 is 12.4 Å². The first kappa shape index (κ1) is 17.5. The lowest BCUT2D eigenvalue weighted by atomic mass is 9.96. The number of aromatic nitrogens is 1. The van der Waals surface area contributed by atoms with Gasteiger partial charge in [-0.2, -0.15) is 0 Å². The summed E-state index contributed by atoms with van der Waals surface area (Å²) < 4.78 is 4.80. The molecule has 0 bridgehead atoms. The summed E-state index contributed by atoms with van der Waals surface area (Å²) in [4.78, 5) is 17.2. The molecule has 114 valence electrons. The lowest BCUT2D eigenvalue weighted by molar-refractivity contribution is -0.139. The zero-order valence-electron chi connectivity index (χ0n) is 12.2. The summed E-state index contributed by atoms with van der Waals surface area (Å²) in [6, 6.07) is 4.51. The Labute approximate surface area is 132 Å². The number of carbonyl (C=O) groups is 1. The number of pyridine rings is 1. The van der Waals surface area contributed by atoms with Gasteiger partial charge in [-0.1, -0.05) is 24.3 Å². The molecule has 1 saturated heterocycles. The van der Waals surface area contributed by atoms with E-state index in [0.717, 1.165) is 13.0 Å². The van der Waals surface area contributed by atoms with Crippen LogP contribution in [0.3, 0.4) is 0 Å². The molecular formula is C16H21ClN2O2. The number of likely N-dealkylation sites (tertiary alicyclic amines) is 1. The van der Waals surface area contributed by atoms with E-state index >= 15 is 0 Å². The monoisotopic (exact) mass is 308 g/mol. The number of rotatable bonds is 3. The minimum atomic E-state index is -0.287. The van der Waals surface area contributed by atoms with E-state index < -0.39 is 0 Å². The highest BCUT2D eigenvalue weighted by molar-refractivity contribution is 5.85. The van der Waals surface area contributed by atoms with Crippen molar-refractivity contribution in [3.63, 3.8) is 0 Å². The fraction of sp³-hybridized carbons (Fsp3) is 0.500. The molecule has 1 fully saturated rings. The van der Waals surface area contributed by atoms with Gasteiger partial charge in [0.05, 0.1) is 6.54 Å². The SMILES string of the molecule is CC(=O)OCC#CCN1CCCCC1c1cccnc1.Cl. The average molecular weight is 309 g/mol. The Hall–Kier alpha value is -1.57. The Balaban J connectivity index is 0.00000220. The van der Waals surface area contributed by atoms with Gasteiger partial charge in [-0.05, 0) is 31.0 Å². The molecular weight excluding hydrogens is 288 g/mol. The Bertz CT molecular complexity index is 496. The number of piperidine rings is 1. The van der Waals surface area contributed by atoms with Gasteiger partial charge in [0, 0.05) is 25.4 Å². The molecule has 0 aromatic carbocycles. The number of carbonyl (C=O) groups excluding carboxylic acids is 1. The van der Waals surface area contributed by atoms with E-state index in [1.165, 1.54) is 25.3 Å². The van der Waals surface area contributed by atoms with Crippen molar-refractivity contribution < 1.29 is 9.53 Å². The first-order valence-corrected chi connectivity index (χ1v) is 7.00. The van der Waals surface area contributed by atoms with Crippen LogP contribution in [0.25, 0.3) is 0 Å². The Kier molecular flexibility index (Phi) is 7.81. The minimum Gasteiger partial charge on any atom is -0.453 e. The van der Waals surface area contributed by atoms with Crippen LogP contribution in [0.15, 0.2) is 24.5 Å². The van der Waals surface area contributed by atoms with Crippen molar-refractivity contribution in [2.75, 3.05) is 19.7 Å². The van der Waals surface area contributed by atoms with Gasteiger partial charge in [0.1, 0.15) is 0 Å². The molecule has 0 N–H and O–H groups in total. The van der Waals surface area contributed by atoms with Crippen LogP contribution in [-0.2, 0) is 9.53 Å². The van der Waals surface area contributed by atoms with Crippen LogP contribution in [0.4, 0.5) is 0 Å². The summed E-state index contributed by atoms with van der Waals surface area (Å²) in [5, 5.41) is 0. The van der Waals surface area contributed by atoms with Crippen molar-refractivity contribution in [2.24, 2.45) is 0 Å². The maximum Gasteiger partial charge on any atom is 0.303 e. The quantitative estimate of drug-likeness (QED) is 0.636. The maximum atomic E-state index is 10.6. The summed E-state index contributed by atoms with van der Waals surface area (Å²) in [6.45, 7) is 3.34. The third kappa shape index (κ3) is 5.74. The number of halogens is 1. The number of nitrogens with zero attached hydrogens (tertiary/aromatic N) is 2. The van der Waals surface area contributed by atoms with Gasteiger partial charge >= 0.3 is 5.97 Å². The van der Waals surface area contributed by atoms with E-state index in [0.29, 0.717) is 12.6 Å². The highest BCUT2D eigenvalue weighted by atomic mass is 35.5. The first-order chi connectivity index (χ1) is 9.77. The molecule has 4 nitrogen and oxygen atoms in total. The van der Waals surface area contributed by atoms with Crippen molar-refractivity contribution in [3.05, 3.63) is 30.1 Å². The van der Waals surface area contributed by atoms with Gasteiger partial charge in [-0.3, -0.25) is 14.7 Å². The van der Waals surface area contributed by atoms with E-state index in [2.05, 4.69) is 27.8 Å². The van der Waals surface area contributed by atoms with E-state index in [-0.39, 0.29) is 25.0 Å². The molecule has 0 spiro atoms. The van der Waals surface area contributed by atoms with Crippen molar-refractivity contribution in [3.8, 4) is 11.8 Å². The highest BCUT2D eigenvalue weighted by Crippen LogP contribution is 2.29. The van der Waals surface area contributed by atoms with Gasteiger partial charge in [-0.15, -0.1) is 12.4 Å². The largest absolute Gasteiger partial charge is 0.453 e. The smallest absolute Gasteiger partial charge is 0.303 e. The predicted octanol–water partition coefficient (Wildman–Crippen LogP) is 2.60. The molecule has 0 aliphatic carbocycles. The number of ether oxygens (including phenoxy) is 1. The summed E-state index contributed by atoms with van der Waals surface area (Å²) in [5.41, 5.74) is 1.26. The molecule has 0 radical (unpaired) electrons. The summed E-state index contributed by atoms with van der Waals surface area (Å²) in [6.07, 6.45) is 7.35. The lowest BCUT2D eigenvalue weighted by Gasteiger charge is -2.34. The molecule has 1 aromatic rings. The van der Waals surface area contributed by atoms with Crippen LogP contribution in [0, 0.1) is 11.8 Å². The molecule has 2 heterocycles. The second-order valence-corrected chi connectivity index (χ2v) is 4.90. The van der Waals surface area contributed by atoms with Crippen LogP contribution in [-0.4, -0.2) is 35.5 Å². The van der Waals surface area contributed by atoms with Crippen LogP contribution < -0.4 is 0 Å². The van der Waals surface area contributed by atoms with Gasteiger partial charge < -0.3 is 4.74 Å². The third-order valence-corrected chi connectivity index (χ3v) is 3.44. The number of hydrogen-bond acceptors (Lipinski definition) is 4. The number of esters is 1. The second kappa shape index (κ2) is 9.38. The van der Waals surface area contributed by atoms with Gasteiger partial charge in [0.25, 0.3) is 0 Å². The minimum absolute atomic E-state index is 0. The first-order valence-electron chi connectivity index (χ1n) is 7.00. The van der Waals surface area contributed by atoms with Gasteiger partial charge in [-0.25, -0.2) is 0 Å². The Morgan fingerprint density at radius 2 is 2.33 bits per heavy atom. The van der Waals surface area contributed by atoms with Crippen LogP contribution in [0.5, 0.6) is 0 Å². The predicted molar refractivity (Wildman–Crippen MR) is 84.1 cm³/mol. The molecule has 1 unspecified atom stereocenters. The normalized spacial score (nSPS) is 18.0. The van der Waals surface area contributed by atoms with Crippen LogP contribution in [0.2, 0.25) is 0 Å². The molecule has 0 amide bonds. The van der Waals surface area contributed by atoms with Crippen LogP contribution in [0.1, 0.15) is 37.8 Å². The number of hydrogen-bond donors (Lipinski definition) is 0. The van der Waals surface area contributed by atoms with E-state index in [4.69, 9.17) is 4.74 Å². The summed E-state index contributed by atoms with van der Waals surface area (Å²) >= 11 is 0. The fourth-order valence-corrected chi connectivity index (χ4v) is 2.48. The zero-order chi connectivity index (χ0) is 14.2. The van der Waals surface area contributed by atoms with E-state index in [1.54, 1.807) is 6.20 Å². The van der Waals surface area contributed by atoms with Crippen molar-refractivity contribution in [1.29, 1.82) is 0 Å². The summed E-state index contributed by atoms with van der Waals surface area (Å²) in [7, 11) is 0. The standard InChI is InChI=1S/C16H20N2O2.ClH/c1-14(19)20-12-5-4-11-18-10-3-2-8-16(18)15-7-6-9-17-13-15;/h6-7,9,13,16H,2-3,8,10-12H2,1H3;1H. The molecule has 21 heavy (non-hydrogen) atoms. The maximum absolute atomic E-state index is 10.6. The topological polar surface area (TPSA) is 42.4 Å². The molecule has 1 aliphatic rings. The van der Waals surface area contributed by atoms with Crippen molar-refractivity contribution in [1.82, 2.24) is 9.88 Å². The molecule has 0 saturated carbocycles. The van der Waals surface area contributed by atoms with Gasteiger partial charge in [0.15, 0.2) is 6.61 Å². The zero-order valence-corrected chi connectivity index (χ0v) is 13.1. The molecule has 5 heteroatoms. The molecule has 1 atom stereocenters. The molecule has 2 rings (SSSR count). The average Bonchev–Trinajstić information content (AvgIpc) is 2.48.